The third kappa shape index (κ3) is 2.41. The van der Waals surface area contributed by atoms with Gasteiger partial charge in [-0.15, -0.1) is 0 Å². The van der Waals surface area contributed by atoms with Crippen molar-refractivity contribution in [2.45, 2.75) is 19.4 Å². The van der Waals surface area contributed by atoms with Crippen LogP contribution >= 0.6 is 11.6 Å². The minimum Gasteiger partial charge on any atom is -0.326 e. The molecule has 15 heavy (non-hydrogen) atoms. The molecule has 1 rings (SSSR count). The normalized spacial score (nSPS) is 10.4. The zero-order valence-corrected chi connectivity index (χ0v) is 8.43. The summed E-state index contributed by atoms with van der Waals surface area (Å²) < 4.78 is 25.3. The molecular weight excluding hydrogens is 224 g/mol. The first-order valence-electron chi connectivity index (χ1n) is 4.13. The lowest BCUT2D eigenvalue weighted by Gasteiger charge is -2.10. The molecular formula is C9H8ClF2N3. The Morgan fingerprint density at radius 2 is 2.27 bits per heavy atom. The van der Waals surface area contributed by atoms with Gasteiger partial charge >= 0.3 is 0 Å². The molecule has 1 heterocycles. The minimum atomic E-state index is -2.75. The van der Waals surface area contributed by atoms with Gasteiger partial charge in [-0.1, -0.05) is 11.6 Å². The van der Waals surface area contributed by atoms with Gasteiger partial charge in [-0.05, 0) is 0 Å². The summed E-state index contributed by atoms with van der Waals surface area (Å²) in [5.74, 6) is 0. The number of rotatable bonds is 3. The van der Waals surface area contributed by atoms with E-state index in [4.69, 9.17) is 22.6 Å². The zero-order valence-electron chi connectivity index (χ0n) is 7.67. The maximum atomic E-state index is 12.7. The highest BCUT2D eigenvalue weighted by Gasteiger charge is 2.20. The lowest BCUT2D eigenvalue weighted by atomic mass is 10.1. The topological polar surface area (TPSA) is 62.7 Å². The lowest BCUT2D eigenvalue weighted by Crippen LogP contribution is -2.05. The first-order chi connectivity index (χ1) is 7.11. The number of nitriles is 1. The predicted molar refractivity (Wildman–Crippen MR) is 51.4 cm³/mol. The average Bonchev–Trinajstić information content (AvgIpc) is 2.18. The van der Waals surface area contributed by atoms with Crippen molar-refractivity contribution in [1.82, 2.24) is 4.98 Å². The fraction of sp³-hybridized carbons (Fsp3) is 0.333. The quantitative estimate of drug-likeness (QED) is 0.867. The van der Waals surface area contributed by atoms with Crippen molar-refractivity contribution < 1.29 is 8.78 Å². The van der Waals surface area contributed by atoms with Gasteiger partial charge in [0.2, 0.25) is 0 Å². The van der Waals surface area contributed by atoms with E-state index in [0.29, 0.717) is 5.56 Å². The van der Waals surface area contributed by atoms with Gasteiger partial charge in [-0.2, -0.15) is 5.26 Å². The van der Waals surface area contributed by atoms with Crippen LogP contribution in [0.25, 0.3) is 0 Å². The SMILES string of the molecule is N#CCc1ncc(CN)c(Cl)c1C(F)F. The zero-order chi connectivity index (χ0) is 11.4. The van der Waals surface area contributed by atoms with Gasteiger partial charge in [-0.25, -0.2) is 8.78 Å². The molecule has 3 nitrogen and oxygen atoms in total. The largest absolute Gasteiger partial charge is 0.326 e. The van der Waals surface area contributed by atoms with Gasteiger partial charge in [0.25, 0.3) is 6.43 Å². The molecule has 0 saturated heterocycles. The third-order valence-corrected chi connectivity index (χ3v) is 2.34. The second kappa shape index (κ2) is 5.01. The summed E-state index contributed by atoms with van der Waals surface area (Å²) in [6.07, 6.45) is -1.62. The molecule has 0 spiro atoms. The van der Waals surface area contributed by atoms with Crippen molar-refractivity contribution in [2.24, 2.45) is 5.73 Å². The Bertz CT molecular complexity index is 401. The Kier molecular flexibility index (Phi) is 3.95. The summed E-state index contributed by atoms with van der Waals surface area (Å²) in [4.78, 5) is 3.75. The molecule has 0 unspecified atom stereocenters. The van der Waals surface area contributed by atoms with E-state index >= 15 is 0 Å². The molecule has 0 amide bonds. The summed E-state index contributed by atoms with van der Waals surface area (Å²) in [7, 11) is 0. The third-order valence-electron chi connectivity index (χ3n) is 1.89. The first kappa shape index (κ1) is 11.8. The van der Waals surface area contributed by atoms with Crippen molar-refractivity contribution in [1.29, 1.82) is 5.26 Å². The predicted octanol–water partition coefficient (Wildman–Crippen LogP) is 2.20. The van der Waals surface area contributed by atoms with Crippen LogP contribution in [-0.4, -0.2) is 4.98 Å². The van der Waals surface area contributed by atoms with Crippen LogP contribution in [0.1, 0.15) is 23.2 Å². The van der Waals surface area contributed by atoms with Gasteiger partial charge in [0, 0.05) is 18.3 Å². The van der Waals surface area contributed by atoms with Gasteiger partial charge in [-0.3, -0.25) is 4.98 Å². The van der Waals surface area contributed by atoms with Crippen molar-refractivity contribution in [3.05, 3.63) is 28.0 Å². The minimum absolute atomic E-state index is 0.00898. The molecule has 0 bridgehead atoms. The smallest absolute Gasteiger partial charge is 0.267 e. The van der Waals surface area contributed by atoms with E-state index < -0.39 is 6.43 Å². The van der Waals surface area contributed by atoms with Crippen LogP contribution in [0.15, 0.2) is 6.20 Å². The molecule has 0 saturated carbocycles. The molecule has 0 aliphatic carbocycles. The van der Waals surface area contributed by atoms with Crippen LogP contribution in [0, 0.1) is 11.3 Å². The van der Waals surface area contributed by atoms with Crippen LogP contribution in [0.4, 0.5) is 8.78 Å². The lowest BCUT2D eigenvalue weighted by molar-refractivity contribution is 0.150. The highest BCUT2D eigenvalue weighted by molar-refractivity contribution is 6.32. The van der Waals surface area contributed by atoms with Crippen LogP contribution < -0.4 is 5.73 Å². The standard InChI is InChI=1S/C9H8ClF2N3/c10-8-5(3-14)4-15-6(1-2-13)7(8)9(11)12/h4,9H,1,3,14H2. The average molecular weight is 232 g/mol. The summed E-state index contributed by atoms with van der Waals surface area (Å²) in [5.41, 5.74) is 5.29. The molecule has 1 aromatic heterocycles. The number of halogens is 3. The fourth-order valence-electron chi connectivity index (χ4n) is 1.16. The maximum absolute atomic E-state index is 12.7. The molecule has 0 radical (unpaired) electrons. The molecule has 0 aliphatic heterocycles. The summed E-state index contributed by atoms with van der Waals surface area (Å²) in [5, 5.41) is 8.35. The van der Waals surface area contributed by atoms with E-state index in [1.54, 1.807) is 6.07 Å². The van der Waals surface area contributed by atoms with E-state index in [0.717, 1.165) is 0 Å². The Labute approximate surface area is 90.5 Å². The van der Waals surface area contributed by atoms with Gasteiger partial charge in [0.05, 0.1) is 28.8 Å². The molecule has 6 heteroatoms. The van der Waals surface area contributed by atoms with Crippen LogP contribution in [0.5, 0.6) is 0 Å². The molecule has 0 fully saturated rings. The van der Waals surface area contributed by atoms with Crippen molar-refractivity contribution >= 4 is 11.6 Å². The first-order valence-corrected chi connectivity index (χ1v) is 4.51. The summed E-state index contributed by atoms with van der Waals surface area (Å²) in [6.45, 7) is 0.0401. The van der Waals surface area contributed by atoms with Crippen molar-refractivity contribution in [2.75, 3.05) is 0 Å². The van der Waals surface area contributed by atoms with Gasteiger partial charge < -0.3 is 5.73 Å². The Balaban J connectivity index is 3.32. The highest BCUT2D eigenvalue weighted by Crippen LogP contribution is 2.31. The number of hydrogen-bond acceptors (Lipinski definition) is 3. The van der Waals surface area contributed by atoms with Gasteiger partial charge in [0.1, 0.15) is 0 Å². The summed E-state index contributed by atoms with van der Waals surface area (Å²) >= 11 is 5.74. The molecule has 0 aromatic carbocycles. The van der Waals surface area contributed by atoms with Crippen LogP contribution in [0.2, 0.25) is 5.02 Å². The molecule has 0 aliphatic rings. The van der Waals surface area contributed by atoms with Crippen LogP contribution in [-0.2, 0) is 13.0 Å². The highest BCUT2D eigenvalue weighted by atomic mass is 35.5. The molecule has 2 N–H and O–H groups in total. The maximum Gasteiger partial charge on any atom is 0.267 e. The summed E-state index contributed by atoms with van der Waals surface area (Å²) in [6, 6.07) is 1.76. The van der Waals surface area contributed by atoms with E-state index in [9.17, 15) is 8.78 Å². The van der Waals surface area contributed by atoms with E-state index in [2.05, 4.69) is 4.98 Å². The van der Waals surface area contributed by atoms with Crippen molar-refractivity contribution in [3.8, 4) is 6.07 Å². The second-order valence-corrected chi connectivity index (χ2v) is 3.18. The number of nitrogens with two attached hydrogens (primary N) is 1. The van der Waals surface area contributed by atoms with E-state index in [-0.39, 0.29) is 29.2 Å². The molecule has 80 valence electrons. The number of aromatic nitrogens is 1. The van der Waals surface area contributed by atoms with E-state index in [1.807, 2.05) is 0 Å². The number of nitrogens with zero attached hydrogens (tertiary/aromatic N) is 2. The molecule has 0 atom stereocenters. The Hall–Kier alpha value is -1.25. The number of hydrogen-bond donors (Lipinski definition) is 1. The van der Waals surface area contributed by atoms with Crippen molar-refractivity contribution in [3.63, 3.8) is 0 Å². The monoisotopic (exact) mass is 231 g/mol. The Morgan fingerprint density at radius 1 is 1.60 bits per heavy atom. The van der Waals surface area contributed by atoms with Gasteiger partial charge in [0.15, 0.2) is 0 Å². The fourth-order valence-corrected chi connectivity index (χ4v) is 1.48. The number of alkyl halides is 2. The molecule has 1 aromatic rings. The van der Waals surface area contributed by atoms with Crippen LogP contribution in [0.3, 0.4) is 0 Å². The Morgan fingerprint density at radius 3 is 2.73 bits per heavy atom. The van der Waals surface area contributed by atoms with E-state index in [1.165, 1.54) is 6.20 Å². The number of pyridine rings is 1. The second-order valence-electron chi connectivity index (χ2n) is 2.80.